The first kappa shape index (κ1) is 18.8. The molecule has 0 saturated carbocycles. The molecule has 0 bridgehead atoms. The van der Waals surface area contributed by atoms with Gasteiger partial charge < -0.3 is 19.5 Å². The number of unbranched alkanes of at least 4 members (excludes halogenated alkanes) is 1. The van der Waals surface area contributed by atoms with E-state index in [-0.39, 0.29) is 6.03 Å². The number of nitrogens with zero attached hydrogens (tertiary/aromatic N) is 3. The first-order valence-corrected chi connectivity index (χ1v) is 9.13. The summed E-state index contributed by atoms with van der Waals surface area (Å²) >= 11 is 0. The minimum absolute atomic E-state index is 0.0478. The summed E-state index contributed by atoms with van der Waals surface area (Å²) in [6.45, 7) is 9.00. The Kier molecular flexibility index (Phi) is 8.12. The van der Waals surface area contributed by atoms with Gasteiger partial charge in [0.25, 0.3) is 0 Å². The highest BCUT2D eigenvalue weighted by Crippen LogP contribution is 2.07. The summed E-state index contributed by atoms with van der Waals surface area (Å²) in [5, 5.41) is 3.05. The molecule has 2 heterocycles. The second-order valence-electron chi connectivity index (χ2n) is 6.43. The van der Waals surface area contributed by atoms with Crippen molar-refractivity contribution in [3.05, 3.63) is 24.0 Å². The van der Waals surface area contributed by atoms with Gasteiger partial charge in [-0.3, -0.25) is 4.90 Å². The lowest BCUT2D eigenvalue weighted by molar-refractivity contribution is 0.0364. The van der Waals surface area contributed by atoms with Crippen LogP contribution in [-0.4, -0.2) is 66.3 Å². The third kappa shape index (κ3) is 6.17. The monoisotopic (exact) mass is 336 g/mol. The van der Waals surface area contributed by atoms with Crippen LogP contribution in [0.4, 0.5) is 4.79 Å². The maximum absolute atomic E-state index is 12.5. The molecule has 0 atom stereocenters. The molecule has 0 radical (unpaired) electrons. The van der Waals surface area contributed by atoms with E-state index in [0.717, 1.165) is 70.9 Å². The van der Waals surface area contributed by atoms with Crippen molar-refractivity contribution < 1.29 is 9.53 Å². The third-order valence-corrected chi connectivity index (χ3v) is 4.50. The number of hydrogen-bond acceptors (Lipinski definition) is 3. The van der Waals surface area contributed by atoms with Crippen molar-refractivity contribution in [3.8, 4) is 0 Å². The Morgan fingerprint density at radius 1 is 1.33 bits per heavy atom. The molecule has 0 spiro atoms. The summed E-state index contributed by atoms with van der Waals surface area (Å²) < 4.78 is 7.46. The van der Waals surface area contributed by atoms with Gasteiger partial charge in [0.15, 0.2) is 0 Å². The lowest BCUT2D eigenvalue weighted by atomic mass is 10.3. The number of carbonyl (C=O) groups excluding carboxylic acids is 1. The minimum Gasteiger partial charge on any atom is -0.379 e. The Morgan fingerprint density at radius 2 is 2.12 bits per heavy atom. The molecule has 0 aliphatic carbocycles. The van der Waals surface area contributed by atoms with Crippen molar-refractivity contribution in [2.45, 2.75) is 32.7 Å². The highest BCUT2D eigenvalue weighted by Gasteiger charge is 2.16. The number of aryl methyl sites for hydroxylation is 1. The Bertz CT molecular complexity index is 483. The molecule has 0 aromatic carbocycles. The molecule has 136 valence electrons. The van der Waals surface area contributed by atoms with E-state index in [1.165, 1.54) is 0 Å². The normalized spacial score (nSPS) is 15.4. The molecule has 6 heteroatoms. The zero-order valence-electron chi connectivity index (χ0n) is 15.2. The van der Waals surface area contributed by atoms with Gasteiger partial charge in [-0.25, -0.2) is 4.79 Å². The molecule has 1 aliphatic rings. The topological polar surface area (TPSA) is 49.7 Å². The average Bonchev–Trinajstić information content (AvgIpc) is 3.00. The van der Waals surface area contributed by atoms with Crippen LogP contribution in [0.3, 0.4) is 0 Å². The number of ether oxygens (including phenoxy) is 1. The van der Waals surface area contributed by atoms with Crippen LogP contribution >= 0.6 is 0 Å². The van der Waals surface area contributed by atoms with Crippen molar-refractivity contribution >= 4 is 6.03 Å². The van der Waals surface area contributed by atoms with Crippen LogP contribution in [0.2, 0.25) is 0 Å². The summed E-state index contributed by atoms with van der Waals surface area (Å²) in [4.78, 5) is 16.9. The van der Waals surface area contributed by atoms with Crippen LogP contribution in [0.15, 0.2) is 18.3 Å². The smallest absolute Gasteiger partial charge is 0.317 e. The van der Waals surface area contributed by atoms with Gasteiger partial charge in [-0.2, -0.15) is 0 Å². The van der Waals surface area contributed by atoms with E-state index in [4.69, 9.17) is 4.74 Å². The van der Waals surface area contributed by atoms with E-state index in [1.807, 2.05) is 24.2 Å². The second-order valence-corrected chi connectivity index (χ2v) is 6.43. The van der Waals surface area contributed by atoms with Gasteiger partial charge in [-0.05, 0) is 25.0 Å². The summed E-state index contributed by atoms with van der Waals surface area (Å²) in [5.41, 5.74) is 1.16. The number of morpholine rings is 1. The quantitative estimate of drug-likeness (QED) is 0.702. The molecule has 2 rings (SSSR count). The van der Waals surface area contributed by atoms with Gasteiger partial charge in [0.2, 0.25) is 0 Å². The predicted octanol–water partition coefficient (Wildman–Crippen LogP) is 2.06. The van der Waals surface area contributed by atoms with Crippen molar-refractivity contribution in [3.63, 3.8) is 0 Å². The molecule has 1 saturated heterocycles. The Hall–Kier alpha value is -1.53. The minimum atomic E-state index is 0.0478. The van der Waals surface area contributed by atoms with Gasteiger partial charge in [0.1, 0.15) is 0 Å². The maximum Gasteiger partial charge on any atom is 0.317 e. The highest BCUT2D eigenvalue weighted by molar-refractivity contribution is 5.74. The number of nitrogens with one attached hydrogen (secondary N) is 1. The van der Waals surface area contributed by atoms with Crippen LogP contribution in [-0.2, 0) is 18.3 Å². The van der Waals surface area contributed by atoms with E-state index in [9.17, 15) is 4.79 Å². The molecule has 24 heavy (non-hydrogen) atoms. The average molecular weight is 336 g/mol. The lowest BCUT2D eigenvalue weighted by Crippen LogP contribution is -2.42. The molecule has 6 nitrogen and oxygen atoms in total. The van der Waals surface area contributed by atoms with Crippen LogP contribution in [0.25, 0.3) is 0 Å². The first-order chi connectivity index (χ1) is 11.7. The fourth-order valence-corrected chi connectivity index (χ4v) is 2.90. The number of amides is 2. The van der Waals surface area contributed by atoms with Crippen LogP contribution in [0.5, 0.6) is 0 Å². The van der Waals surface area contributed by atoms with Crippen LogP contribution in [0, 0.1) is 0 Å². The van der Waals surface area contributed by atoms with E-state index in [2.05, 4.69) is 27.8 Å². The third-order valence-electron chi connectivity index (χ3n) is 4.50. The molecule has 1 aromatic heterocycles. The van der Waals surface area contributed by atoms with Crippen molar-refractivity contribution in [2.75, 3.05) is 45.9 Å². The number of rotatable bonds is 9. The first-order valence-electron chi connectivity index (χ1n) is 9.13. The van der Waals surface area contributed by atoms with Crippen molar-refractivity contribution in [2.24, 2.45) is 7.05 Å². The molecule has 1 aliphatic heterocycles. The fourth-order valence-electron chi connectivity index (χ4n) is 2.90. The van der Waals surface area contributed by atoms with Gasteiger partial charge >= 0.3 is 6.03 Å². The van der Waals surface area contributed by atoms with Gasteiger partial charge in [0.05, 0.1) is 19.8 Å². The molecule has 1 fully saturated rings. The van der Waals surface area contributed by atoms with Gasteiger partial charge in [-0.15, -0.1) is 0 Å². The van der Waals surface area contributed by atoms with E-state index >= 15 is 0 Å². The fraction of sp³-hybridized carbons (Fsp3) is 0.722. The summed E-state index contributed by atoms with van der Waals surface area (Å²) in [6, 6.07) is 4.15. The second kappa shape index (κ2) is 10.4. The zero-order chi connectivity index (χ0) is 17.2. The number of urea groups is 1. The zero-order valence-corrected chi connectivity index (χ0v) is 15.2. The molecule has 1 aromatic rings. The van der Waals surface area contributed by atoms with E-state index in [0.29, 0.717) is 6.54 Å². The van der Waals surface area contributed by atoms with Gasteiger partial charge in [-0.1, -0.05) is 13.3 Å². The van der Waals surface area contributed by atoms with Crippen molar-refractivity contribution in [1.29, 1.82) is 0 Å². The van der Waals surface area contributed by atoms with E-state index in [1.54, 1.807) is 0 Å². The molecular formula is C18H32N4O2. The van der Waals surface area contributed by atoms with Gasteiger partial charge in [0, 0.05) is 51.7 Å². The molecule has 2 amide bonds. The number of hydrogen-bond donors (Lipinski definition) is 1. The SMILES string of the molecule is CCCCNC(=O)N(CCCN1CCOCC1)Cc1cccn1C. The number of carbonyl (C=O) groups is 1. The van der Waals surface area contributed by atoms with Crippen LogP contribution in [0.1, 0.15) is 31.9 Å². The molecular weight excluding hydrogens is 304 g/mol. The van der Waals surface area contributed by atoms with E-state index < -0.39 is 0 Å². The highest BCUT2D eigenvalue weighted by atomic mass is 16.5. The summed E-state index contributed by atoms with van der Waals surface area (Å²) in [5.74, 6) is 0. The Balaban J connectivity index is 1.83. The van der Waals surface area contributed by atoms with Crippen molar-refractivity contribution in [1.82, 2.24) is 19.7 Å². The predicted molar refractivity (Wildman–Crippen MR) is 96.0 cm³/mol. The standard InChI is InChI=1S/C18H32N4O2/c1-3-4-8-19-18(23)22(16-17-7-5-9-20(17)2)11-6-10-21-12-14-24-15-13-21/h5,7,9H,3-4,6,8,10-16H2,1-2H3,(H,19,23). The molecule has 0 unspecified atom stereocenters. The van der Waals surface area contributed by atoms with Crippen LogP contribution < -0.4 is 5.32 Å². The largest absolute Gasteiger partial charge is 0.379 e. The maximum atomic E-state index is 12.5. The number of aromatic nitrogens is 1. The molecule has 1 N–H and O–H groups in total. The Morgan fingerprint density at radius 3 is 2.79 bits per heavy atom. The lowest BCUT2D eigenvalue weighted by Gasteiger charge is -2.28. The Labute approximate surface area is 145 Å². The summed E-state index contributed by atoms with van der Waals surface area (Å²) in [6.07, 6.45) is 5.13. The summed E-state index contributed by atoms with van der Waals surface area (Å²) in [7, 11) is 2.02.